The molecule has 2 aromatic carbocycles. The van der Waals surface area contributed by atoms with Crippen LogP contribution in [-0.2, 0) is 4.79 Å². The van der Waals surface area contributed by atoms with E-state index in [4.69, 9.17) is 4.74 Å². The number of carbonyl (C=O) groups is 2. The lowest BCUT2D eigenvalue weighted by atomic mass is 10.0. The maximum Gasteiger partial charge on any atom is 0.387 e. The summed E-state index contributed by atoms with van der Waals surface area (Å²) >= 11 is 1.31. The maximum atomic E-state index is 12.8. The van der Waals surface area contributed by atoms with E-state index in [-0.39, 0.29) is 30.5 Å². The third-order valence-electron chi connectivity index (χ3n) is 4.26. The first kappa shape index (κ1) is 22.2. The van der Waals surface area contributed by atoms with Crippen LogP contribution in [0, 0.1) is 0 Å². The van der Waals surface area contributed by atoms with Crippen molar-refractivity contribution >= 4 is 28.8 Å². The highest BCUT2D eigenvalue weighted by Crippen LogP contribution is 2.34. The Morgan fingerprint density at radius 2 is 1.87 bits per heavy atom. The molecule has 2 amide bonds. The number of methoxy groups -OCH3 is 1. The van der Waals surface area contributed by atoms with Gasteiger partial charge in [-0.2, -0.15) is 8.78 Å². The number of benzene rings is 2. The van der Waals surface area contributed by atoms with E-state index in [0.29, 0.717) is 27.4 Å². The van der Waals surface area contributed by atoms with Crippen LogP contribution in [0.25, 0.3) is 11.1 Å². The molecule has 0 aliphatic rings. The molecule has 0 saturated carbocycles. The van der Waals surface area contributed by atoms with Gasteiger partial charge in [0.15, 0.2) is 0 Å². The number of alkyl halides is 2. The van der Waals surface area contributed by atoms with Crippen molar-refractivity contribution in [3.05, 3.63) is 64.9 Å². The fraction of sp³-hybridized carbons (Fsp3) is 0.182. The standard InChI is InChI=1S/C22H20F2N2O4S/c1-29-16-7-4-14(5-8-16)17-13-15(6-9-18(17)30-22(23)24)26-20(27)10-11-25-21(28)19-3-2-12-31-19/h2-9,12-13,22H,10-11H2,1H3,(H,25,28)(H,26,27). The summed E-state index contributed by atoms with van der Waals surface area (Å²) in [5, 5.41) is 7.18. The fourth-order valence-electron chi connectivity index (χ4n) is 2.81. The first-order chi connectivity index (χ1) is 15.0. The molecule has 2 N–H and O–H groups in total. The molecule has 0 radical (unpaired) electrons. The van der Waals surface area contributed by atoms with E-state index < -0.39 is 6.61 Å². The Morgan fingerprint density at radius 1 is 1.10 bits per heavy atom. The number of amides is 2. The molecule has 0 atom stereocenters. The van der Waals surface area contributed by atoms with Gasteiger partial charge in [-0.25, -0.2) is 0 Å². The first-order valence-corrected chi connectivity index (χ1v) is 10.2. The lowest BCUT2D eigenvalue weighted by Crippen LogP contribution is -2.27. The summed E-state index contributed by atoms with van der Waals surface area (Å²) in [4.78, 5) is 24.7. The second-order valence-electron chi connectivity index (χ2n) is 6.35. The molecule has 3 rings (SSSR count). The molecule has 0 saturated heterocycles. The van der Waals surface area contributed by atoms with Crippen molar-refractivity contribution in [1.29, 1.82) is 0 Å². The van der Waals surface area contributed by atoms with Crippen LogP contribution in [0.4, 0.5) is 14.5 Å². The molecular formula is C22H20F2N2O4S. The molecule has 0 fully saturated rings. The van der Waals surface area contributed by atoms with Crippen LogP contribution in [0.3, 0.4) is 0 Å². The molecule has 0 unspecified atom stereocenters. The first-order valence-electron chi connectivity index (χ1n) is 9.31. The van der Waals surface area contributed by atoms with Gasteiger partial charge < -0.3 is 20.1 Å². The summed E-state index contributed by atoms with van der Waals surface area (Å²) in [6.45, 7) is -2.81. The normalized spacial score (nSPS) is 10.6. The zero-order valence-corrected chi connectivity index (χ0v) is 17.4. The van der Waals surface area contributed by atoms with Gasteiger partial charge in [0.25, 0.3) is 5.91 Å². The monoisotopic (exact) mass is 446 g/mol. The van der Waals surface area contributed by atoms with Gasteiger partial charge in [-0.3, -0.25) is 9.59 Å². The molecule has 0 aliphatic carbocycles. The average molecular weight is 446 g/mol. The smallest absolute Gasteiger partial charge is 0.387 e. The third-order valence-corrected chi connectivity index (χ3v) is 5.13. The highest BCUT2D eigenvalue weighted by atomic mass is 32.1. The Balaban J connectivity index is 1.67. The Kier molecular flexibility index (Phi) is 7.55. The second kappa shape index (κ2) is 10.5. The van der Waals surface area contributed by atoms with Crippen LogP contribution in [-0.4, -0.2) is 32.1 Å². The van der Waals surface area contributed by atoms with E-state index in [1.54, 1.807) is 47.8 Å². The number of thiophene rings is 1. The van der Waals surface area contributed by atoms with Crippen molar-refractivity contribution in [2.45, 2.75) is 13.0 Å². The number of anilines is 1. The van der Waals surface area contributed by atoms with Gasteiger partial charge in [0.2, 0.25) is 5.91 Å². The third kappa shape index (κ3) is 6.26. The molecule has 3 aromatic rings. The Hall–Kier alpha value is -3.46. The molecule has 1 aromatic heterocycles. The molecule has 6 nitrogen and oxygen atoms in total. The number of carbonyl (C=O) groups excluding carboxylic acids is 2. The second-order valence-corrected chi connectivity index (χ2v) is 7.30. The Bertz CT molecular complexity index is 1020. The number of nitrogens with one attached hydrogen (secondary N) is 2. The molecule has 9 heteroatoms. The van der Waals surface area contributed by atoms with Crippen molar-refractivity contribution in [1.82, 2.24) is 5.32 Å². The predicted octanol–water partition coefficient (Wildman–Crippen LogP) is 4.78. The van der Waals surface area contributed by atoms with Gasteiger partial charge in [0, 0.05) is 24.2 Å². The van der Waals surface area contributed by atoms with E-state index in [1.807, 2.05) is 0 Å². The van der Waals surface area contributed by atoms with Crippen LogP contribution >= 0.6 is 11.3 Å². The molecule has 162 valence electrons. The van der Waals surface area contributed by atoms with Gasteiger partial charge >= 0.3 is 6.61 Å². The largest absolute Gasteiger partial charge is 0.497 e. The lowest BCUT2D eigenvalue weighted by Gasteiger charge is -2.14. The number of ether oxygens (including phenoxy) is 2. The van der Waals surface area contributed by atoms with Crippen LogP contribution in [0.15, 0.2) is 60.0 Å². The molecule has 1 heterocycles. The molecule has 0 spiro atoms. The van der Waals surface area contributed by atoms with E-state index in [0.717, 1.165) is 0 Å². The number of rotatable bonds is 9. The number of hydrogen-bond donors (Lipinski definition) is 2. The van der Waals surface area contributed by atoms with Crippen LogP contribution in [0.5, 0.6) is 11.5 Å². The van der Waals surface area contributed by atoms with Crippen molar-refractivity contribution in [2.24, 2.45) is 0 Å². The molecule has 0 bridgehead atoms. The lowest BCUT2D eigenvalue weighted by molar-refractivity contribution is -0.116. The van der Waals surface area contributed by atoms with Gasteiger partial charge in [-0.1, -0.05) is 18.2 Å². The SMILES string of the molecule is COc1ccc(-c2cc(NC(=O)CCNC(=O)c3cccs3)ccc2OC(F)F)cc1. The van der Waals surface area contributed by atoms with E-state index in [1.165, 1.54) is 30.6 Å². The van der Waals surface area contributed by atoms with Crippen LogP contribution < -0.4 is 20.1 Å². The fourth-order valence-corrected chi connectivity index (χ4v) is 3.45. The Labute approximate surface area is 181 Å². The van der Waals surface area contributed by atoms with E-state index >= 15 is 0 Å². The highest BCUT2D eigenvalue weighted by molar-refractivity contribution is 7.12. The zero-order valence-electron chi connectivity index (χ0n) is 16.6. The zero-order chi connectivity index (χ0) is 22.2. The van der Waals surface area contributed by atoms with Gasteiger partial charge in [0.05, 0.1) is 12.0 Å². The minimum Gasteiger partial charge on any atom is -0.497 e. The van der Waals surface area contributed by atoms with Crippen molar-refractivity contribution in [2.75, 3.05) is 19.0 Å². The summed E-state index contributed by atoms with van der Waals surface area (Å²) in [7, 11) is 1.53. The summed E-state index contributed by atoms with van der Waals surface area (Å²) in [5.74, 6) is 0.0447. The minimum absolute atomic E-state index is 0.0126. The van der Waals surface area contributed by atoms with Gasteiger partial charge in [-0.15, -0.1) is 11.3 Å². The van der Waals surface area contributed by atoms with Crippen molar-refractivity contribution in [3.8, 4) is 22.6 Å². The Morgan fingerprint density at radius 3 is 2.52 bits per heavy atom. The van der Waals surface area contributed by atoms with Crippen LogP contribution in [0.1, 0.15) is 16.1 Å². The minimum atomic E-state index is -2.98. The maximum absolute atomic E-state index is 12.8. The van der Waals surface area contributed by atoms with Crippen molar-refractivity contribution in [3.63, 3.8) is 0 Å². The quantitative estimate of drug-likeness (QED) is 0.496. The molecule has 31 heavy (non-hydrogen) atoms. The predicted molar refractivity (Wildman–Crippen MR) is 115 cm³/mol. The summed E-state index contributed by atoms with van der Waals surface area (Å²) in [6, 6.07) is 14.7. The van der Waals surface area contributed by atoms with E-state index in [9.17, 15) is 18.4 Å². The number of hydrogen-bond acceptors (Lipinski definition) is 5. The van der Waals surface area contributed by atoms with Gasteiger partial charge in [0.1, 0.15) is 11.5 Å². The topological polar surface area (TPSA) is 76.7 Å². The molecule has 0 aliphatic heterocycles. The van der Waals surface area contributed by atoms with Crippen LogP contribution in [0.2, 0.25) is 0 Å². The summed E-state index contributed by atoms with van der Waals surface area (Å²) in [5.41, 5.74) is 1.43. The average Bonchev–Trinajstić information content (AvgIpc) is 3.29. The highest BCUT2D eigenvalue weighted by Gasteiger charge is 2.14. The van der Waals surface area contributed by atoms with E-state index in [2.05, 4.69) is 15.4 Å². The summed E-state index contributed by atoms with van der Waals surface area (Å²) < 4.78 is 35.3. The summed E-state index contributed by atoms with van der Waals surface area (Å²) in [6.07, 6.45) is 0.0598. The number of halogens is 2. The molecular weight excluding hydrogens is 426 g/mol. The van der Waals surface area contributed by atoms with Gasteiger partial charge in [-0.05, 0) is 47.3 Å². The van der Waals surface area contributed by atoms with Crippen molar-refractivity contribution < 1.29 is 27.8 Å².